The number of rotatable bonds is 2. The van der Waals surface area contributed by atoms with Crippen molar-refractivity contribution in [3.8, 4) is 5.88 Å². The van der Waals surface area contributed by atoms with Gasteiger partial charge in [0.15, 0.2) is 5.82 Å². The molecule has 0 unspecified atom stereocenters. The number of aromatic nitrogens is 2. The van der Waals surface area contributed by atoms with E-state index in [-0.39, 0.29) is 29.5 Å². The minimum absolute atomic E-state index is 0.120. The van der Waals surface area contributed by atoms with E-state index in [1.54, 1.807) is 12.1 Å². The normalized spacial score (nSPS) is 26.2. The Balaban J connectivity index is 1.53. The second-order valence-electron chi connectivity index (χ2n) is 7.71. The van der Waals surface area contributed by atoms with E-state index in [0.717, 1.165) is 22.3 Å². The number of hydrogen-bond donors (Lipinski definition) is 0. The van der Waals surface area contributed by atoms with Crippen molar-refractivity contribution in [3.05, 3.63) is 82.9 Å². The number of benzene rings is 2. The molecule has 6 heteroatoms. The fraction of sp³-hybridized carbons (Fsp3) is 0.217. The highest BCUT2D eigenvalue weighted by molar-refractivity contribution is 6.23. The lowest BCUT2D eigenvalue weighted by Gasteiger charge is -2.45. The lowest BCUT2D eigenvalue weighted by atomic mass is 9.55. The maximum Gasteiger partial charge on any atom is 0.239 e. The molecule has 1 saturated heterocycles. The molecule has 2 atom stereocenters. The second kappa shape index (κ2) is 5.73. The SMILES string of the molecule is COc1ccc(N2C(=O)[C@H]3C4c5ccccc5C(c5ccccc54)[C@@H]3C2=O)nn1. The van der Waals surface area contributed by atoms with Crippen LogP contribution in [0.1, 0.15) is 34.1 Å². The molecular formula is C23H17N3O3. The Kier molecular flexibility index (Phi) is 3.25. The summed E-state index contributed by atoms with van der Waals surface area (Å²) in [6, 6.07) is 19.6. The molecule has 2 heterocycles. The summed E-state index contributed by atoms with van der Waals surface area (Å²) in [4.78, 5) is 28.3. The van der Waals surface area contributed by atoms with Gasteiger partial charge in [-0.05, 0) is 28.3 Å². The van der Waals surface area contributed by atoms with E-state index in [1.807, 2.05) is 24.3 Å². The maximum atomic E-state index is 13.5. The van der Waals surface area contributed by atoms with Crippen LogP contribution in [0.25, 0.3) is 0 Å². The molecule has 2 aromatic carbocycles. The molecule has 2 bridgehead atoms. The summed E-state index contributed by atoms with van der Waals surface area (Å²) in [6.07, 6.45) is 0. The third-order valence-electron chi connectivity index (χ3n) is 6.51. The molecule has 29 heavy (non-hydrogen) atoms. The molecule has 0 radical (unpaired) electrons. The average molecular weight is 383 g/mol. The van der Waals surface area contributed by atoms with Crippen molar-refractivity contribution in [1.29, 1.82) is 0 Å². The summed E-state index contributed by atoms with van der Waals surface area (Å²) >= 11 is 0. The first-order chi connectivity index (χ1) is 14.2. The van der Waals surface area contributed by atoms with Gasteiger partial charge in [0.2, 0.25) is 17.7 Å². The zero-order chi connectivity index (χ0) is 19.7. The number of carbonyl (C=O) groups is 2. The van der Waals surface area contributed by atoms with Crippen molar-refractivity contribution in [2.45, 2.75) is 11.8 Å². The lowest BCUT2D eigenvalue weighted by molar-refractivity contribution is -0.122. The topological polar surface area (TPSA) is 72.4 Å². The number of nitrogens with zero attached hydrogens (tertiary/aromatic N) is 3. The highest BCUT2D eigenvalue weighted by Gasteiger charge is 2.62. The van der Waals surface area contributed by atoms with Gasteiger partial charge in [0.1, 0.15) is 0 Å². The average Bonchev–Trinajstić information content (AvgIpc) is 3.04. The Morgan fingerprint density at radius 2 is 1.21 bits per heavy atom. The molecule has 7 rings (SSSR count). The minimum atomic E-state index is -0.416. The molecule has 0 saturated carbocycles. The highest BCUT2D eigenvalue weighted by Crippen LogP contribution is 2.61. The van der Waals surface area contributed by atoms with Gasteiger partial charge >= 0.3 is 0 Å². The van der Waals surface area contributed by atoms with Crippen LogP contribution in [0.5, 0.6) is 5.88 Å². The Bertz CT molecular complexity index is 1060. The fourth-order valence-electron chi connectivity index (χ4n) is 5.44. The Hall–Kier alpha value is -3.54. The van der Waals surface area contributed by atoms with Crippen LogP contribution in [0.3, 0.4) is 0 Å². The van der Waals surface area contributed by atoms with Crippen LogP contribution in [-0.2, 0) is 9.59 Å². The molecule has 0 N–H and O–H groups in total. The molecule has 6 nitrogen and oxygen atoms in total. The van der Waals surface area contributed by atoms with Crippen LogP contribution >= 0.6 is 0 Å². The van der Waals surface area contributed by atoms with Crippen LogP contribution < -0.4 is 9.64 Å². The largest absolute Gasteiger partial charge is 0.480 e. The van der Waals surface area contributed by atoms with E-state index >= 15 is 0 Å². The predicted octanol–water partition coefficient (Wildman–Crippen LogP) is 2.88. The molecule has 1 fully saturated rings. The zero-order valence-electron chi connectivity index (χ0n) is 15.6. The third-order valence-corrected chi connectivity index (χ3v) is 6.51. The summed E-state index contributed by atoms with van der Waals surface area (Å²) in [5.74, 6) is -0.873. The number of ether oxygens (including phenoxy) is 1. The number of imide groups is 1. The van der Waals surface area contributed by atoms with Gasteiger partial charge in [0, 0.05) is 17.9 Å². The van der Waals surface area contributed by atoms with E-state index in [9.17, 15) is 9.59 Å². The molecule has 2 amide bonds. The van der Waals surface area contributed by atoms with Crippen LogP contribution in [-0.4, -0.2) is 29.1 Å². The molecule has 4 aliphatic rings. The smallest absolute Gasteiger partial charge is 0.239 e. The van der Waals surface area contributed by atoms with Gasteiger partial charge in [-0.25, -0.2) is 4.90 Å². The van der Waals surface area contributed by atoms with Crippen molar-refractivity contribution in [2.75, 3.05) is 12.0 Å². The van der Waals surface area contributed by atoms with Crippen molar-refractivity contribution < 1.29 is 14.3 Å². The third kappa shape index (κ3) is 2.00. The molecule has 0 spiro atoms. The van der Waals surface area contributed by atoms with Gasteiger partial charge in [-0.2, -0.15) is 0 Å². The summed E-state index contributed by atoms with van der Waals surface area (Å²) < 4.78 is 5.05. The summed E-state index contributed by atoms with van der Waals surface area (Å²) in [7, 11) is 1.50. The van der Waals surface area contributed by atoms with Gasteiger partial charge in [-0.3, -0.25) is 9.59 Å². The van der Waals surface area contributed by atoms with Gasteiger partial charge in [-0.1, -0.05) is 48.5 Å². The first-order valence-electron chi connectivity index (χ1n) is 9.64. The Labute approximate surface area is 167 Å². The number of amides is 2. The number of carbonyl (C=O) groups excluding carboxylic acids is 2. The van der Waals surface area contributed by atoms with Crippen LogP contribution in [0, 0.1) is 11.8 Å². The van der Waals surface area contributed by atoms with Crippen molar-refractivity contribution in [2.24, 2.45) is 11.8 Å². The van der Waals surface area contributed by atoms with E-state index in [4.69, 9.17) is 4.74 Å². The van der Waals surface area contributed by atoms with Crippen molar-refractivity contribution >= 4 is 17.6 Å². The Morgan fingerprint density at radius 3 is 1.59 bits per heavy atom. The number of hydrogen-bond acceptors (Lipinski definition) is 5. The number of anilines is 1. The molecule has 142 valence electrons. The van der Waals surface area contributed by atoms with Crippen LogP contribution in [0.4, 0.5) is 5.82 Å². The van der Waals surface area contributed by atoms with Gasteiger partial charge in [0.25, 0.3) is 0 Å². The number of methoxy groups -OCH3 is 1. The second-order valence-corrected chi connectivity index (χ2v) is 7.71. The fourth-order valence-corrected chi connectivity index (χ4v) is 5.44. The highest BCUT2D eigenvalue weighted by atomic mass is 16.5. The monoisotopic (exact) mass is 383 g/mol. The quantitative estimate of drug-likeness (QED) is 0.637. The van der Waals surface area contributed by atoms with Gasteiger partial charge in [-0.15, -0.1) is 10.2 Å². The standard InChI is InChI=1S/C23H17N3O3/c1-29-17-11-10-16(24-25-17)26-22(27)20-18-12-6-2-3-7-13(12)19(21(20)23(26)28)15-9-5-4-8-14(15)18/h2-11,18-21H,1H3/t18?,19?,20-,21-/m0/s1. The van der Waals surface area contributed by atoms with Crippen LogP contribution in [0.15, 0.2) is 60.7 Å². The van der Waals surface area contributed by atoms with Crippen molar-refractivity contribution in [3.63, 3.8) is 0 Å². The summed E-state index contributed by atoms with van der Waals surface area (Å²) in [5.41, 5.74) is 4.62. The molecule has 3 aromatic rings. The van der Waals surface area contributed by atoms with Crippen LogP contribution in [0.2, 0.25) is 0 Å². The molecule has 1 aromatic heterocycles. The van der Waals surface area contributed by atoms with Gasteiger partial charge in [0.05, 0.1) is 18.9 Å². The molecule has 3 aliphatic carbocycles. The molecular weight excluding hydrogens is 366 g/mol. The van der Waals surface area contributed by atoms with E-state index < -0.39 is 11.8 Å². The Morgan fingerprint density at radius 1 is 0.724 bits per heavy atom. The van der Waals surface area contributed by atoms with E-state index in [1.165, 1.54) is 12.0 Å². The first kappa shape index (κ1) is 16.4. The first-order valence-corrected chi connectivity index (χ1v) is 9.64. The predicted molar refractivity (Wildman–Crippen MR) is 105 cm³/mol. The zero-order valence-corrected chi connectivity index (χ0v) is 15.6. The van der Waals surface area contributed by atoms with Crippen molar-refractivity contribution in [1.82, 2.24) is 10.2 Å². The van der Waals surface area contributed by atoms with E-state index in [2.05, 4.69) is 34.5 Å². The maximum absolute atomic E-state index is 13.5. The minimum Gasteiger partial charge on any atom is -0.480 e. The summed E-state index contributed by atoms with van der Waals surface area (Å²) in [5, 5.41) is 8.01. The lowest BCUT2D eigenvalue weighted by Crippen LogP contribution is -2.41. The summed E-state index contributed by atoms with van der Waals surface area (Å²) in [6.45, 7) is 0. The van der Waals surface area contributed by atoms with Gasteiger partial charge < -0.3 is 4.74 Å². The van der Waals surface area contributed by atoms with E-state index in [0.29, 0.717) is 5.88 Å². The molecule has 1 aliphatic heterocycles.